The lowest BCUT2D eigenvalue weighted by molar-refractivity contribution is -0.117. The lowest BCUT2D eigenvalue weighted by Gasteiger charge is -2.31. The van der Waals surface area contributed by atoms with Gasteiger partial charge in [0.1, 0.15) is 5.75 Å². The summed E-state index contributed by atoms with van der Waals surface area (Å²) in [6.45, 7) is 1.43. The molecule has 0 saturated carbocycles. The number of carbonyl (C=O) groups is 2. The monoisotopic (exact) mass is 350 g/mol. The van der Waals surface area contributed by atoms with E-state index in [0.29, 0.717) is 18.5 Å². The number of benzene rings is 2. The molecule has 134 valence electrons. The third-order valence-electron chi connectivity index (χ3n) is 5.14. The van der Waals surface area contributed by atoms with Crippen molar-refractivity contribution < 1.29 is 14.3 Å². The van der Waals surface area contributed by atoms with Crippen LogP contribution < -0.4 is 14.5 Å². The van der Waals surface area contributed by atoms with Gasteiger partial charge in [0, 0.05) is 30.8 Å². The molecule has 1 saturated heterocycles. The van der Waals surface area contributed by atoms with Crippen LogP contribution in [-0.4, -0.2) is 32.0 Å². The molecule has 5 heteroatoms. The molecule has 2 aliphatic rings. The zero-order valence-corrected chi connectivity index (χ0v) is 14.9. The summed E-state index contributed by atoms with van der Waals surface area (Å²) in [7, 11) is 1.63. The van der Waals surface area contributed by atoms with Gasteiger partial charge in [-0.25, -0.2) is 0 Å². The average molecular weight is 350 g/mol. The van der Waals surface area contributed by atoms with E-state index in [1.54, 1.807) is 12.0 Å². The van der Waals surface area contributed by atoms with E-state index in [2.05, 4.69) is 6.07 Å². The van der Waals surface area contributed by atoms with Crippen LogP contribution in [0.4, 0.5) is 11.4 Å². The summed E-state index contributed by atoms with van der Waals surface area (Å²) in [5.41, 5.74) is 3.51. The van der Waals surface area contributed by atoms with Crippen molar-refractivity contribution in [2.75, 3.05) is 30.0 Å². The third-order valence-corrected chi connectivity index (χ3v) is 5.14. The summed E-state index contributed by atoms with van der Waals surface area (Å²) in [6.07, 6.45) is 3.38. The van der Waals surface area contributed by atoms with Gasteiger partial charge in [-0.15, -0.1) is 0 Å². The quantitative estimate of drug-likeness (QED) is 0.852. The number of aryl methyl sites for hydroxylation is 1. The molecule has 26 heavy (non-hydrogen) atoms. The molecule has 1 fully saturated rings. The van der Waals surface area contributed by atoms with Crippen molar-refractivity contribution in [3.63, 3.8) is 0 Å². The third kappa shape index (κ3) is 2.83. The van der Waals surface area contributed by atoms with Crippen molar-refractivity contribution in [1.82, 2.24) is 0 Å². The molecule has 0 radical (unpaired) electrons. The van der Waals surface area contributed by atoms with Gasteiger partial charge >= 0.3 is 0 Å². The molecule has 0 N–H and O–H groups in total. The highest BCUT2D eigenvalue weighted by molar-refractivity contribution is 6.08. The fourth-order valence-electron chi connectivity index (χ4n) is 3.84. The summed E-state index contributed by atoms with van der Waals surface area (Å²) in [4.78, 5) is 28.6. The number of ether oxygens (including phenoxy) is 1. The Morgan fingerprint density at radius 2 is 1.77 bits per heavy atom. The predicted molar refractivity (Wildman–Crippen MR) is 101 cm³/mol. The molecule has 0 atom stereocenters. The molecule has 0 aliphatic carbocycles. The van der Waals surface area contributed by atoms with E-state index in [1.807, 2.05) is 41.3 Å². The predicted octanol–water partition coefficient (Wildman–Crippen LogP) is 3.42. The van der Waals surface area contributed by atoms with E-state index in [9.17, 15) is 9.59 Å². The first-order valence-corrected chi connectivity index (χ1v) is 9.07. The van der Waals surface area contributed by atoms with Crippen LogP contribution in [0.15, 0.2) is 42.5 Å². The van der Waals surface area contributed by atoms with Crippen LogP contribution in [0, 0.1) is 0 Å². The number of carbonyl (C=O) groups excluding carboxylic acids is 2. The van der Waals surface area contributed by atoms with Crippen molar-refractivity contribution in [2.45, 2.75) is 25.7 Å². The number of hydrogen-bond donors (Lipinski definition) is 0. The van der Waals surface area contributed by atoms with Gasteiger partial charge in [0.25, 0.3) is 5.91 Å². The molecule has 0 unspecified atom stereocenters. The first kappa shape index (κ1) is 16.6. The van der Waals surface area contributed by atoms with Crippen LogP contribution >= 0.6 is 0 Å². The van der Waals surface area contributed by atoms with E-state index < -0.39 is 0 Å². The van der Waals surface area contributed by atoms with Crippen LogP contribution in [0.5, 0.6) is 5.75 Å². The maximum absolute atomic E-state index is 13.1. The Hall–Kier alpha value is -2.82. The topological polar surface area (TPSA) is 49.9 Å². The van der Waals surface area contributed by atoms with E-state index in [4.69, 9.17) is 4.74 Å². The van der Waals surface area contributed by atoms with Gasteiger partial charge in [-0.05, 0) is 55.2 Å². The molecule has 0 aromatic heterocycles. The Morgan fingerprint density at radius 3 is 2.46 bits per heavy atom. The second-order valence-electron chi connectivity index (χ2n) is 6.72. The second-order valence-corrected chi connectivity index (χ2v) is 6.72. The maximum Gasteiger partial charge on any atom is 0.258 e. The van der Waals surface area contributed by atoms with Crippen LogP contribution in [0.2, 0.25) is 0 Å². The zero-order valence-electron chi connectivity index (χ0n) is 14.9. The fourth-order valence-corrected chi connectivity index (χ4v) is 3.84. The SMILES string of the molecule is COc1cccc2c1N(C(=O)c1ccc(N3CCCC3=O)cc1)CCC2. The van der Waals surface area contributed by atoms with Gasteiger partial charge in [-0.2, -0.15) is 0 Å². The van der Waals surface area contributed by atoms with E-state index >= 15 is 0 Å². The minimum atomic E-state index is -0.0326. The number of rotatable bonds is 3. The lowest BCUT2D eigenvalue weighted by Crippen LogP contribution is -2.35. The number of amides is 2. The van der Waals surface area contributed by atoms with Gasteiger partial charge in [-0.1, -0.05) is 12.1 Å². The molecule has 0 bridgehead atoms. The highest BCUT2D eigenvalue weighted by Crippen LogP contribution is 2.37. The maximum atomic E-state index is 13.1. The summed E-state index contributed by atoms with van der Waals surface area (Å²) in [5, 5.41) is 0. The lowest BCUT2D eigenvalue weighted by atomic mass is 10.00. The van der Waals surface area contributed by atoms with Crippen molar-refractivity contribution in [3.05, 3.63) is 53.6 Å². The highest BCUT2D eigenvalue weighted by atomic mass is 16.5. The molecule has 2 aromatic rings. The first-order valence-electron chi connectivity index (χ1n) is 9.07. The van der Waals surface area contributed by atoms with E-state index in [0.717, 1.165) is 48.5 Å². The van der Waals surface area contributed by atoms with Crippen molar-refractivity contribution in [3.8, 4) is 5.75 Å². The second kappa shape index (κ2) is 6.83. The van der Waals surface area contributed by atoms with Crippen molar-refractivity contribution >= 4 is 23.2 Å². The first-order chi connectivity index (χ1) is 12.7. The van der Waals surface area contributed by atoms with Crippen LogP contribution in [0.3, 0.4) is 0 Å². The number of hydrogen-bond acceptors (Lipinski definition) is 3. The summed E-state index contributed by atoms with van der Waals surface area (Å²) < 4.78 is 5.49. The number of methoxy groups -OCH3 is 1. The Labute approximate surface area is 153 Å². The Balaban J connectivity index is 1.62. The van der Waals surface area contributed by atoms with Crippen LogP contribution in [0.1, 0.15) is 35.2 Å². The molecular weight excluding hydrogens is 328 g/mol. The summed E-state index contributed by atoms with van der Waals surface area (Å²) in [6, 6.07) is 13.3. The van der Waals surface area contributed by atoms with Gasteiger partial charge in [-0.3, -0.25) is 9.59 Å². The summed E-state index contributed by atoms with van der Waals surface area (Å²) >= 11 is 0. The number of nitrogens with zero attached hydrogens (tertiary/aromatic N) is 2. The minimum Gasteiger partial charge on any atom is -0.495 e. The molecule has 5 nitrogen and oxygen atoms in total. The average Bonchev–Trinajstić information content (AvgIpc) is 3.12. The summed E-state index contributed by atoms with van der Waals surface area (Å²) in [5.74, 6) is 0.850. The Bertz CT molecular complexity index is 831. The Kier molecular flexibility index (Phi) is 4.37. The minimum absolute atomic E-state index is 0.0326. The molecular formula is C21H22N2O3. The molecule has 4 rings (SSSR count). The number of anilines is 2. The zero-order chi connectivity index (χ0) is 18.1. The van der Waals surface area contributed by atoms with Crippen molar-refractivity contribution in [2.24, 2.45) is 0 Å². The normalized spacial score (nSPS) is 16.6. The van der Waals surface area contributed by atoms with Crippen LogP contribution in [0.25, 0.3) is 0 Å². The van der Waals surface area contributed by atoms with Gasteiger partial charge in [0.15, 0.2) is 0 Å². The van der Waals surface area contributed by atoms with Gasteiger partial charge in [0.2, 0.25) is 5.91 Å². The molecule has 2 aliphatic heterocycles. The fraction of sp³-hybridized carbons (Fsp3) is 0.333. The molecule has 2 heterocycles. The van der Waals surface area contributed by atoms with E-state index in [-0.39, 0.29) is 11.8 Å². The highest BCUT2D eigenvalue weighted by Gasteiger charge is 2.27. The number of fused-ring (bicyclic) bond motifs is 1. The number of para-hydroxylation sites is 1. The Morgan fingerprint density at radius 1 is 1.00 bits per heavy atom. The van der Waals surface area contributed by atoms with E-state index in [1.165, 1.54) is 0 Å². The van der Waals surface area contributed by atoms with Crippen LogP contribution in [-0.2, 0) is 11.2 Å². The molecule has 2 aromatic carbocycles. The molecule has 0 spiro atoms. The molecule has 2 amide bonds. The van der Waals surface area contributed by atoms with Gasteiger partial charge < -0.3 is 14.5 Å². The smallest absolute Gasteiger partial charge is 0.258 e. The van der Waals surface area contributed by atoms with Crippen molar-refractivity contribution in [1.29, 1.82) is 0 Å². The van der Waals surface area contributed by atoms with Gasteiger partial charge in [0.05, 0.1) is 12.8 Å². The largest absolute Gasteiger partial charge is 0.495 e. The standard InChI is InChI=1S/C21H22N2O3/c1-26-18-7-2-5-15-6-3-14-23(20(15)18)21(25)16-9-11-17(12-10-16)22-13-4-8-19(22)24/h2,5,7,9-12H,3-4,6,8,13-14H2,1H3.